The molecule has 2 rings (SSSR count). The molecule has 0 bridgehead atoms. The third-order valence-electron chi connectivity index (χ3n) is 4.89. The van der Waals surface area contributed by atoms with Gasteiger partial charge in [0.2, 0.25) is 0 Å². The van der Waals surface area contributed by atoms with Gasteiger partial charge in [-0.15, -0.1) is 0 Å². The van der Waals surface area contributed by atoms with Crippen molar-refractivity contribution in [1.82, 2.24) is 5.32 Å². The van der Waals surface area contributed by atoms with Crippen molar-refractivity contribution >= 4 is 23.2 Å². The summed E-state index contributed by atoms with van der Waals surface area (Å²) < 4.78 is 0. The average molecular weight is 328 g/mol. The Kier molecular flexibility index (Phi) is 6.85. The maximum absolute atomic E-state index is 6.36. The lowest BCUT2D eigenvalue weighted by atomic mass is 9.75. The van der Waals surface area contributed by atoms with Crippen molar-refractivity contribution in [2.24, 2.45) is 11.8 Å². The molecule has 118 valence electrons. The van der Waals surface area contributed by atoms with Crippen LogP contribution in [-0.2, 0) is 6.42 Å². The molecule has 0 aromatic heterocycles. The molecule has 3 heteroatoms. The zero-order valence-electron chi connectivity index (χ0n) is 13.2. The van der Waals surface area contributed by atoms with Gasteiger partial charge in [-0.25, -0.2) is 0 Å². The highest BCUT2D eigenvalue weighted by Gasteiger charge is 2.27. The molecule has 0 aliphatic heterocycles. The van der Waals surface area contributed by atoms with E-state index in [1.165, 1.54) is 37.7 Å². The van der Waals surface area contributed by atoms with Crippen molar-refractivity contribution < 1.29 is 0 Å². The number of hydrogen-bond donors (Lipinski definition) is 1. The predicted octanol–water partition coefficient (Wildman–Crippen LogP) is 5.73. The maximum atomic E-state index is 6.36. The van der Waals surface area contributed by atoms with Crippen LogP contribution in [0.2, 0.25) is 10.0 Å². The van der Waals surface area contributed by atoms with Crippen LogP contribution in [0.3, 0.4) is 0 Å². The SMILES string of the molecule is CCNC(Cc1ccc(Cl)cc1Cl)C1CCCC(CC)C1. The Balaban J connectivity index is 2.07. The Bertz CT molecular complexity index is 447. The van der Waals surface area contributed by atoms with Gasteiger partial charge >= 0.3 is 0 Å². The molecule has 1 nitrogen and oxygen atoms in total. The Morgan fingerprint density at radius 3 is 2.71 bits per heavy atom. The topological polar surface area (TPSA) is 12.0 Å². The van der Waals surface area contributed by atoms with E-state index < -0.39 is 0 Å². The van der Waals surface area contributed by atoms with Crippen LogP contribution >= 0.6 is 23.2 Å². The smallest absolute Gasteiger partial charge is 0.0453 e. The molecule has 1 saturated carbocycles. The summed E-state index contributed by atoms with van der Waals surface area (Å²) in [6.07, 6.45) is 7.81. The minimum atomic E-state index is 0.531. The number of halogens is 2. The van der Waals surface area contributed by atoms with Gasteiger partial charge in [0.25, 0.3) is 0 Å². The number of nitrogens with one attached hydrogen (secondary N) is 1. The molecule has 21 heavy (non-hydrogen) atoms. The highest BCUT2D eigenvalue weighted by atomic mass is 35.5. The minimum absolute atomic E-state index is 0.531. The fourth-order valence-corrected chi connectivity index (χ4v) is 4.15. The van der Waals surface area contributed by atoms with Crippen molar-refractivity contribution in [3.05, 3.63) is 33.8 Å². The van der Waals surface area contributed by atoms with E-state index in [1.54, 1.807) is 0 Å². The fourth-order valence-electron chi connectivity index (χ4n) is 3.66. The summed E-state index contributed by atoms with van der Waals surface area (Å²) in [5, 5.41) is 5.21. The second-order valence-corrected chi connectivity index (χ2v) is 7.15. The van der Waals surface area contributed by atoms with Crippen LogP contribution in [0.25, 0.3) is 0 Å². The fraction of sp³-hybridized carbons (Fsp3) is 0.667. The Morgan fingerprint density at radius 1 is 1.24 bits per heavy atom. The van der Waals surface area contributed by atoms with Crippen LogP contribution in [0.5, 0.6) is 0 Å². The standard InChI is InChI=1S/C18H27Cl2N/c1-3-13-6-5-7-15(10-13)18(21-4-2)11-14-8-9-16(19)12-17(14)20/h8-9,12-13,15,18,21H,3-7,10-11H2,1-2H3. The first-order valence-electron chi connectivity index (χ1n) is 8.31. The largest absolute Gasteiger partial charge is 0.314 e. The Morgan fingerprint density at radius 2 is 2.05 bits per heavy atom. The molecule has 1 aromatic rings. The maximum Gasteiger partial charge on any atom is 0.0453 e. The zero-order chi connectivity index (χ0) is 15.2. The van der Waals surface area contributed by atoms with Crippen molar-refractivity contribution in [1.29, 1.82) is 0 Å². The molecule has 1 aliphatic carbocycles. The molecule has 1 aliphatic rings. The van der Waals surface area contributed by atoms with E-state index in [0.717, 1.165) is 29.8 Å². The number of hydrogen-bond acceptors (Lipinski definition) is 1. The van der Waals surface area contributed by atoms with Gasteiger partial charge < -0.3 is 5.32 Å². The van der Waals surface area contributed by atoms with Gasteiger partial charge in [-0.05, 0) is 55.3 Å². The quantitative estimate of drug-likeness (QED) is 0.703. The van der Waals surface area contributed by atoms with Crippen LogP contribution in [0.4, 0.5) is 0 Å². The van der Waals surface area contributed by atoms with Crippen molar-refractivity contribution in [2.45, 2.75) is 58.4 Å². The van der Waals surface area contributed by atoms with E-state index in [9.17, 15) is 0 Å². The van der Waals surface area contributed by atoms with Gasteiger partial charge in [0.15, 0.2) is 0 Å². The Labute approximate surface area is 139 Å². The second kappa shape index (κ2) is 8.41. The third-order valence-corrected chi connectivity index (χ3v) is 5.48. The summed E-state index contributed by atoms with van der Waals surface area (Å²) >= 11 is 12.4. The van der Waals surface area contributed by atoms with Gasteiger partial charge in [0.05, 0.1) is 0 Å². The average Bonchev–Trinajstić information content (AvgIpc) is 2.49. The molecule has 0 amide bonds. The van der Waals surface area contributed by atoms with E-state index in [1.807, 2.05) is 12.1 Å². The first-order chi connectivity index (χ1) is 10.1. The monoisotopic (exact) mass is 327 g/mol. The normalized spacial score (nSPS) is 24.0. The summed E-state index contributed by atoms with van der Waals surface area (Å²) in [6.45, 7) is 5.53. The third kappa shape index (κ3) is 4.87. The van der Waals surface area contributed by atoms with Crippen LogP contribution in [-0.4, -0.2) is 12.6 Å². The highest BCUT2D eigenvalue weighted by molar-refractivity contribution is 6.35. The molecule has 0 heterocycles. The van der Waals surface area contributed by atoms with Gasteiger partial charge in [0, 0.05) is 16.1 Å². The minimum Gasteiger partial charge on any atom is -0.314 e. The lowest BCUT2D eigenvalue weighted by Gasteiger charge is -2.35. The highest BCUT2D eigenvalue weighted by Crippen LogP contribution is 2.34. The Hall–Kier alpha value is -0.240. The van der Waals surface area contributed by atoms with E-state index >= 15 is 0 Å². The number of rotatable bonds is 6. The van der Waals surface area contributed by atoms with Crippen molar-refractivity contribution in [3.63, 3.8) is 0 Å². The molecular weight excluding hydrogens is 301 g/mol. The summed E-state index contributed by atoms with van der Waals surface area (Å²) in [6, 6.07) is 6.41. The van der Waals surface area contributed by atoms with E-state index in [-0.39, 0.29) is 0 Å². The second-order valence-electron chi connectivity index (χ2n) is 6.30. The van der Waals surface area contributed by atoms with Crippen LogP contribution in [0, 0.1) is 11.8 Å². The van der Waals surface area contributed by atoms with Gasteiger partial charge in [0.1, 0.15) is 0 Å². The van der Waals surface area contributed by atoms with Gasteiger partial charge in [-0.2, -0.15) is 0 Å². The predicted molar refractivity (Wildman–Crippen MR) is 93.4 cm³/mol. The lowest BCUT2D eigenvalue weighted by molar-refractivity contribution is 0.208. The summed E-state index contributed by atoms with van der Waals surface area (Å²) in [5.74, 6) is 1.68. The van der Waals surface area contributed by atoms with E-state index in [0.29, 0.717) is 11.1 Å². The van der Waals surface area contributed by atoms with Crippen LogP contribution < -0.4 is 5.32 Å². The summed E-state index contributed by atoms with van der Waals surface area (Å²) in [5.41, 5.74) is 1.21. The van der Waals surface area contributed by atoms with Crippen LogP contribution in [0.1, 0.15) is 51.5 Å². The molecule has 3 unspecified atom stereocenters. The molecule has 1 fully saturated rings. The first-order valence-corrected chi connectivity index (χ1v) is 9.06. The molecular formula is C18H27Cl2N. The first kappa shape index (κ1) is 17.1. The zero-order valence-corrected chi connectivity index (χ0v) is 14.7. The van der Waals surface area contributed by atoms with E-state index in [2.05, 4.69) is 25.2 Å². The summed E-state index contributed by atoms with van der Waals surface area (Å²) in [4.78, 5) is 0. The van der Waals surface area contributed by atoms with Crippen molar-refractivity contribution in [2.75, 3.05) is 6.54 Å². The molecule has 3 atom stereocenters. The molecule has 1 aromatic carbocycles. The molecule has 0 radical (unpaired) electrons. The van der Waals surface area contributed by atoms with Crippen molar-refractivity contribution in [3.8, 4) is 0 Å². The van der Waals surface area contributed by atoms with Crippen LogP contribution in [0.15, 0.2) is 18.2 Å². The van der Waals surface area contributed by atoms with Gasteiger partial charge in [-0.1, -0.05) is 62.4 Å². The molecule has 1 N–H and O–H groups in total. The summed E-state index contributed by atoms with van der Waals surface area (Å²) in [7, 11) is 0. The number of likely N-dealkylation sites (N-methyl/N-ethyl adjacent to an activating group) is 1. The lowest BCUT2D eigenvalue weighted by Crippen LogP contribution is -2.40. The molecule has 0 saturated heterocycles. The number of benzene rings is 1. The van der Waals surface area contributed by atoms with E-state index in [4.69, 9.17) is 23.2 Å². The molecule has 0 spiro atoms. The van der Waals surface area contributed by atoms with Gasteiger partial charge in [-0.3, -0.25) is 0 Å².